The summed E-state index contributed by atoms with van der Waals surface area (Å²) in [5.74, 6) is -1.60. The summed E-state index contributed by atoms with van der Waals surface area (Å²) in [6.07, 6.45) is 0. The Kier molecular flexibility index (Phi) is 9.22. The molecule has 0 spiro atoms. The molecule has 1 aromatic heterocycles. The number of phenols is 1. The van der Waals surface area contributed by atoms with Crippen LogP contribution in [-0.4, -0.2) is 45.0 Å². The first kappa shape index (κ1) is 32.2. The molecule has 1 heterocycles. The predicted molar refractivity (Wildman–Crippen MR) is 175 cm³/mol. The van der Waals surface area contributed by atoms with E-state index in [0.717, 1.165) is 16.3 Å². The fraction of sp³-hybridized carbons (Fsp3) is 0.171. The minimum Gasteiger partial charge on any atom is -0.507 e. The number of benzene rings is 4. The van der Waals surface area contributed by atoms with E-state index in [1.807, 2.05) is 44.2 Å². The number of nitrogens with zero attached hydrogens (tertiary/aromatic N) is 3. The minimum atomic E-state index is -1.35. The third-order valence-corrected chi connectivity index (χ3v) is 7.53. The van der Waals surface area contributed by atoms with Crippen LogP contribution < -0.4 is 20.8 Å². The number of hydrogen-bond donors (Lipinski definition) is 4. The number of carbonyl (C=O) groups is 2. The summed E-state index contributed by atoms with van der Waals surface area (Å²) in [6, 6.07) is 21.4. The van der Waals surface area contributed by atoms with Crippen molar-refractivity contribution in [3.8, 4) is 28.8 Å². The SMILES string of the molecule is Cc1c(N=Nc2ccc(OCCOc3cc(C(C)C)c(O)c4ccccc34)cc2)c(O)n(-c2ccccc2C(=O)O)c(=O)c1C(N)=O. The lowest BCUT2D eigenvalue weighted by Crippen LogP contribution is -2.31. The molecule has 0 bridgehead atoms. The quantitative estimate of drug-likeness (QED) is 0.0934. The van der Waals surface area contributed by atoms with Gasteiger partial charge in [-0.05, 0) is 55.3 Å². The Morgan fingerprint density at radius 1 is 0.894 bits per heavy atom. The number of nitrogens with two attached hydrogens (primary N) is 1. The molecule has 5 N–H and O–H groups in total. The molecule has 0 atom stereocenters. The van der Waals surface area contributed by atoms with Crippen LogP contribution in [0, 0.1) is 6.92 Å². The van der Waals surface area contributed by atoms with E-state index in [2.05, 4.69) is 10.2 Å². The van der Waals surface area contributed by atoms with Gasteiger partial charge in [-0.2, -0.15) is 5.11 Å². The lowest BCUT2D eigenvalue weighted by atomic mass is 9.97. The van der Waals surface area contributed by atoms with Crippen LogP contribution >= 0.6 is 0 Å². The normalized spacial score (nSPS) is 11.3. The van der Waals surface area contributed by atoms with Gasteiger partial charge in [0.05, 0.1) is 16.9 Å². The number of primary amides is 1. The highest BCUT2D eigenvalue weighted by Gasteiger charge is 2.25. The molecule has 0 radical (unpaired) electrons. The molecule has 47 heavy (non-hydrogen) atoms. The molecule has 0 aliphatic carbocycles. The number of aromatic nitrogens is 1. The first-order valence-electron chi connectivity index (χ1n) is 14.6. The Morgan fingerprint density at radius 2 is 1.53 bits per heavy atom. The van der Waals surface area contributed by atoms with Gasteiger partial charge in [0.2, 0.25) is 5.88 Å². The predicted octanol–water partition coefficient (Wildman–Crippen LogP) is 6.50. The highest BCUT2D eigenvalue weighted by atomic mass is 16.5. The standard InChI is InChI=1S/C35H32N4O8/c1-19(2)26-18-28(23-8-4-5-9-24(23)31(26)40)47-17-16-46-22-14-12-21(13-15-22)37-38-30-20(3)29(32(36)41)33(42)39(34(30)43)27-11-7-6-10-25(27)35(44)45/h4-15,18-19,40,43H,16-17H2,1-3H3,(H2,36,41)(H,44,45). The number of aromatic carboxylic acids is 1. The van der Waals surface area contributed by atoms with E-state index < -0.39 is 28.9 Å². The second-order valence-corrected chi connectivity index (χ2v) is 10.9. The van der Waals surface area contributed by atoms with Crippen LogP contribution in [0.2, 0.25) is 0 Å². The molecule has 4 aromatic carbocycles. The molecule has 0 aliphatic rings. The van der Waals surface area contributed by atoms with Crippen molar-refractivity contribution in [1.29, 1.82) is 0 Å². The smallest absolute Gasteiger partial charge is 0.337 e. The molecule has 0 saturated carbocycles. The van der Waals surface area contributed by atoms with Crippen LogP contribution in [0.15, 0.2) is 93.9 Å². The first-order valence-corrected chi connectivity index (χ1v) is 14.6. The van der Waals surface area contributed by atoms with Gasteiger partial charge in [0, 0.05) is 21.9 Å². The summed E-state index contributed by atoms with van der Waals surface area (Å²) >= 11 is 0. The molecular formula is C35H32N4O8. The van der Waals surface area contributed by atoms with Crippen molar-refractivity contribution in [3.05, 3.63) is 111 Å². The molecule has 1 amide bonds. The third-order valence-electron chi connectivity index (χ3n) is 7.53. The highest BCUT2D eigenvalue weighted by molar-refractivity contribution is 5.97. The number of hydrogen-bond acceptors (Lipinski definition) is 9. The lowest BCUT2D eigenvalue weighted by molar-refractivity contribution is 0.0696. The van der Waals surface area contributed by atoms with Gasteiger partial charge in [0.15, 0.2) is 5.69 Å². The van der Waals surface area contributed by atoms with Crippen LogP contribution in [0.1, 0.15) is 51.6 Å². The second kappa shape index (κ2) is 13.4. The Morgan fingerprint density at radius 3 is 2.19 bits per heavy atom. The summed E-state index contributed by atoms with van der Waals surface area (Å²) in [7, 11) is 0. The van der Waals surface area contributed by atoms with Gasteiger partial charge in [-0.1, -0.05) is 50.2 Å². The van der Waals surface area contributed by atoms with Crippen molar-refractivity contribution in [2.75, 3.05) is 13.2 Å². The maximum absolute atomic E-state index is 13.2. The number of carbonyl (C=O) groups excluding carboxylic acids is 1. The van der Waals surface area contributed by atoms with Gasteiger partial charge in [-0.15, -0.1) is 5.11 Å². The molecule has 240 valence electrons. The van der Waals surface area contributed by atoms with Crippen LogP contribution in [0.25, 0.3) is 16.5 Å². The maximum atomic E-state index is 13.2. The lowest BCUT2D eigenvalue weighted by Gasteiger charge is -2.16. The number of pyridine rings is 1. The summed E-state index contributed by atoms with van der Waals surface area (Å²) in [5, 5.41) is 41.1. The van der Waals surface area contributed by atoms with E-state index in [1.54, 1.807) is 24.3 Å². The van der Waals surface area contributed by atoms with Gasteiger partial charge < -0.3 is 30.5 Å². The van der Waals surface area contributed by atoms with Crippen LogP contribution in [-0.2, 0) is 0 Å². The van der Waals surface area contributed by atoms with Crippen molar-refractivity contribution in [2.45, 2.75) is 26.7 Å². The van der Waals surface area contributed by atoms with E-state index in [0.29, 0.717) is 21.8 Å². The first-order chi connectivity index (χ1) is 22.5. The van der Waals surface area contributed by atoms with Crippen LogP contribution in [0.5, 0.6) is 23.1 Å². The van der Waals surface area contributed by atoms with E-state index in [-0.39, 0.29) is 47.4 Å². The zero-order valence-corrected chi connectivity index (χ0v) is 25.8. The molecule has 5 rings (SSSR count). The zero-order valence-electron chi connectivity index (χ0n) is 25.8. The number of azo groups is 1. The number of carboxylic acids is 1. The van der Waals surface area contributed by atoms with Crippen molar-refractivity contribution in [2.24, 2.45) is 16.0 Å². The Labute approximate surface area is 269 Å². The van der Waals surface area contributed by atoms with E-state index >= 15 is 0 Å². The van der Waals surface area contributed by atoms with Crippen LogP contribution in [0.4, 0.5) is 11.4 Å². The number of para-hydroxylation sites is 1. The highest BCUT2D eigenvalue weighted by Crippen LogP contribution is 2.39. The van der Waals surface area contributed by atoms with Gasteiger partial charge in [0.1, 0.15) is 36.0 Å². The topological polar surface area (TPSA) is 186 Å². The molecule has 0 fully saturated rings. The minimum absolute atomic E-state index is 0.0188. The number of aromatic hydroxyl groups is 2. The van der Waals surface area contributed by atoms with Crippen molar-refractivity contribution in [1.82, 2.24) is 4.57 Å². The van der Waals surface area contributed by atoms with Crippen molar-refractivity contribution >= 4 is 34.0 Å². The summed E-state index contributed by atoms with van der Waals surface area (Å²) in [4.78, 5) is 37.2. The summed E-state index contributed by atoms with van der Waals surface area (Å²) < 4.78 is 12.5. The number of ether oxygens (including phenoxy) is 2. The number of carboxylic acid groups (broad SMARTS) is 1. The monoisotopic (exact) mass is 636 g/mol. The molecule has 0 aliphatic heterocycles. The number of amides is 1. The Balaban J connectivity index is 1.33. The Hall–Kier alpha value is -6.17. The molecule has 5 aromatic rings. The number of phenolic OH excluding ortho intramolecular Hbond substituents is 1. The summed E-state index contributed by atoms with van der Waals surface area (Å²) in [5.41, 5.74) is 4.45. The largest absolute Gasteiger partial charge is 0.507 e. The van der Waals surface area contributed by atoms with Crippen molar-refractivity contribution in [3.63, 3.8) is 0 Å². The van der Waals surface area contributed by atoms with E-state index in [1.165, 1.54) is 31.2 Å². The van der Waals surface area contributed by atoms with E-state index in [9.17, 15) is 29.7 Å². The fourth-order valence-electron chi connectivity index (χ4n) is 5.18. The van der Waals surface area contributed by atoms with Gasteiger partial charge >= 0.3 is 5.97 Å². The average Bonchev–Trinajstić information content (AvgIpc) is 3.04. The molecular weight excluding hydrogens is 604 g/mol. The second-order valence-electron chi connectivity index (χ2n) is 10.9. The van der Waals surface area contributed by atoms with Gasteiger partial charge in [-0.3, -0.25) is 9.59 Å². The summed E-state index contributed by atoms with van der Waals surface area (Å²) in [6.45, 7) is 5.86. The Bertz CT molecular complexity index is 2090. The van der Waals surface area contributed by atoms with Crippen molar-refractivity contribution < 1.29 is 34.4 Å². The zero-order chi connectivity index (χ0) is 33.8. The fourth-order valence-corrected chi connectivity index (χ4v) is 5.18. The third kappa shape index (κ3) is 6.47. The average molecular weight is 637 g/mol. The molecule has 0 unspecified atom stereocenters. The number of rotatable bonds is 11. The maximum Gasteiger partial charge on any atom is 0.337 e. The van der Waals surface area contributed by atoms with Gasteiger partial charge in [0.25, 0.3) is 11.5 Å². The molecule has 12 nitrogen and oxygen atoms in total. The number of fused-ring (bicyclic) bond motifs is 1. The van der Waals surface area contributed by atoms with Crippen LogP contribution in [0.3, 0.4) is 0 Å². The molecule has 0 saturated heterocycles. The van der Waals surface area contributed by atoms with Gasteiger partial charge in [-0.25, -0.2) is 9.36 Å². The van der Waals surface area contributed by atoms with E-state index in [4.69, 9.17) is 15.2 Å². The molecule has 12 heteroatoms.